The molecule has 0 unspecified atom stereocenters. The average molecular weight is 431 g/mol. The SMILES string of the molecule is CCN(Cc1ccccc1)C(=O)CN1CCN(C(=O)c2ccccc2OC(F)F)CC1. The molecular formula is C23H27F2N3O3. The molecule has 1 aliphatic rings. The molecule has 0 radical (unpaired) electrons. The Morgan fingerprint density at radius 2 is 1.65 bits per heavy atom. The van der Waals surface area contributed by atoms with Crippen LogP contribution >= 0.6 is 0 Å². The third-order valence-electron chi connectivity index (χ3n) is 5.30. The highest BCUT2D eigenvalue weighted by molar-refractivity contribution is 5.97. The number of alkyl halides is 2. The van der Waals surface area contributed by atoms with Gasteiger partial charge in [0.05, 0.1) is 12.1 Å². The Morgan fingerprint density at radius 3 is 2.29 bits per heavy atom. The maximum atomic E-state index is 12.8. The van der Waals surface area contributed by atoms with Crippen LogP contribution < -0.4 is 4.74 Å². The van der Waals surface area contributed by atoms with Crippen LogP contribution in [0.5, 0.6) is 5.75 Å². The number of benzene rings is 2. The van der Waals surface area contributed by atoms with Crippen LogP contribution in [0.15, 0.2) is 54.6 Å². The molecule has 3 rings (SSSR count). The minimum Gasteiger partial charge on any atom is -0.434 e. The van der Waals surface area contributed by atoms with Crippen LogP contribution in [0.25, 0.3) is 0 Å². The largest absolute Gasteiger partial charge is 0.434 e. The standard InChI is InChI=1S/C23H27F2N3O3/c1-2-27(16-18-8-4-3-5-9-18)21(29)17-26-12-14-28(15-13-26)22(30)19-10-6-7-11-20(19)31-23(24)25/h3-11,23H,2,12-17H2,1H3. The number of carbonyl (C=O) groups excluding carboxylic acids is 2. The molecule has 0 spiro atoms. The van der Waals surface area contributed by atoms with Crippen LogP contribution in [0.1, 0.15) is 22.8 Å². The van der Waals surface area contributed by atoms with Crippen molar-refractivity contribution >= 4 is 11.8 Å². The van der Waals surface area contributed by atoms with E-state index in [0.29, 0.717) is 39.3 Å². The molecule has 0 N–H and O–H groups in total. The van der Waals surface area contributed by atoms with Crippen LogP contribution in [0, 0.1) is 0 Å². The molecule has 0 atom stereocenters. The summed E-state index contributed by atoms with van der Waals surface area (Å²) >= 11 is 0. The number of piperazine rings is 1. The van der Waals surface area contributed by atoms with Gasteiger partial charge in [-0.25, -0.2) is 0 Å². The Hall–Kier alpha value is -3.00. The van der Waals surface area contributed by atoms with Crippen LogP contribution in [0.3, 0.4) is 0 Å². The second-order valence-electron chi connectivity index (χ2n) is 7.34. The van der Waals surface area contributed by atoms with Gasteiger partial charge in [0.25, 0.3) is 5.91 Å². The summed E-state index contributed by atoms with van der Waals surface area (Å²) in [6.45, 7) is 2.34. The van der Waals surface area contributed by atoms with Crippen molar-refractivity contribution in [1.29, 1.82) is 0 Å². The fourth-order valence-corrected chi connectivity index (χ4v) is 3.59. The summed E-state index contributed by atoms with van der Waals surface area (Å²) in [6.07, 6.45) is 0. The number of likely N-dealkylation sites (N-methyl/N-ethyl adjacent to an activating group) is 1. The average Bonchev–Trinajstić information content (AvgIpc) is 2.78. The molecule has 8 heteroatoms. The maximum absolute atomic E-state index is 12.8. The minimum atomic E-state index is -2.99. The predicted octanol–water partition coefficient (Wildman–Crippen LogP) is 3.09. The zero-order chi connectivity index (χ0) is 22.2. The van der Waals surface area contributed by atoms with E-state index in [1.54, 1.807) is 17.0 Å². The molecule has 1 fully saturated rings. The summed E-state index contributed by atoms with van der Waals surface area (Å²) in [4.78, 5) is 31.0. The third kappa shape index (κ3) is 6.24. The highest BCUT2D eigenvalue weighted by Gasteiger charge is 2.26. The Morgan fingerprint density at radius 1 is 1.00 bits per heavy atom. The predicted molar refractivity (Wildman–Crippen MR) is 113 cm³/mol. The number of amides is 2. The van der Waals surface area contributed by atoms with Crippen molar-refractivity contribution < 1.29 is 23.1 Å². The van der Waals surface area contributed by atoms with Gasteiger partial charge in [0.15, 0.2) is 0 Å². The lowest BCUT2D eigenvalue weighted by Crippen LogP contribution is -2.51. The van der Waals surface area contributed by atoms with E-state index < -0.39 is 6.61 Å². The van der Waals surface area contributed by atoms with E-state index in [2.05, 4.69) is 4.74 Å². The van der Waals surface area contributed by atoms with E-state index in [1.807, 2.05) is 47.1 Å². The fraction of sp³-hybridized carbons (Fsp3) is 0.391. The van der Waals surface area contributed by atoms with Gasteiger partial charge in [-0.15, -0.1) is 0 Å². The molecule has 166 valence electrons. The monoisotopic (exact) mass is 431 g/mol. The van der Waals surface area contributed by atoms with Crippen molar-refractivity contribution in [1.82, 2.24) is 14.7 Å². The van der Waals surface area contributed by atoms with Crippen molar-refractivity contribution in [3.8, 4) is 5.75 Å². The lowest BCUT2D eigenvalue weighted by molar-refractivity contribution is -0.133. The van der Waals surface area contributed by atoms with E-state index in [1.165, 1.54) is 12.1 Å². The number of nitrogens with zero attached hydrogens (tertiary/aromatic N) is 3. The van der Waals surface area contributed by atoms with Gasteiger partial charge in [-0.1, -0.05) is 42.5 Å². The molecule has 0 bridgehead atoms. The number of hydrogen-bond donors (Lipinski definition) is 0. The highest BCUT2D eigenvalue weighted by Crippen LogP contribution is 2.22. The molecule has 1 aliphatic heterocycles. The number of ether oxygens (including phenoxy) is 1. The Kier molecular flexibility index (Phi) is 7.94. The first-order valence-corrected chi connectivity index (χ1v) is 10.3. The quantitative estimate of drug-likeness (QED) is 0.645. The second kappa shape index (κ2) is 10.9. The van der Waals surface area contributed by atoms with E-state index in [-0.39, 0.29) is 29.7 Å². The Bertz CT molecular complexity index is 871. The first kappa shape index (κ1) is 22.7. The van der Waals surface area contributed by atoms with Crippen LogP contribution in [0.2, 0.25) is 0 Å². The lowest BCUT2D eigenvalue weighted by atomic mass is 10.1. The van der Waals surface area contributed by atoms with Crippen LogP contribution in [-0.4, -0.2) is 72.4 Å². The summed E-state index contributed by atoms with van der Waals surface area (Å²) < 4.78 is 29.7. The molecule has 31 heavy (non-hydrogen) atoms. The van der Waals surface area contributed by atoms with Crippen LogP contribution in [0.4, 0.5) is 8.78 Å². The lowest BCUT2D eigenvalue weighted by Gasteiger charge is -2.35. The first-order chi connectivity index (χ1) is 15.0. The van der Waals surface area contributed by atoms with Crippen molar-refractivity contribution in [2.45, 2.75) is 20.1 Å². The highest BCUT2D eigenvalue weighted by atomic mass is 19.3. The van der Waals surface area contributed by atoms with Gasteiger partial charge in [0.1, 0.15) is 5.75 Å². The molecule has 1 heterocycles. The molecule has 2 aromatic rings. The normalized spacial score (nSPS) is 14.5. The minimum absolute atomic E-state index is 0.0433. The first-order valence-electron chi connectivity index (χ1n) is 10.3. The fourth-order valence-electron chi connectivity index (χ4n) is 3.59. The van der Waals surface area contributed by atoms with Crippen molar-refractivity contribution in [3.05, 3.63) is 65.7 Å². The zero-order valence-corrected chi connectivity index (χ0v) is 17.5. The van der Waals surface area contributed by atoms with Crippen LogP contribution in [-0.2, 0) is 11.3 Å². The summed E-state index contributed by atoms with van der Waals surface area (Å²) in [6, 6.07) is 15.9. The van der Waals surface area contributed by atoms with Gasteiger partial charge in [-0.2, -0.15) is 8.78 Å². The van der Waals surface area contributed by atoms with E-state index >= 15 is 0 Å². The number of rotatable bonds is 8. The summed E-state index contributed by atoms with van der Waals surface area (Å²) in [5, 5.41) is 0. The molecule has 6 nitrogen and oxygen atoms in total. The molecule has 1 saturated heterocycles. The van der Waals surface area contributed by atoms with Gasteiger partial charge in [-0.05, 0) is 24.6 Å². The van der Waals surface area contributed by atoms with Crippen molar-refractivity contribution in [2.24, 2.45) is 0 Å². The van der Waals surface area contributed by atoms with Gasteiger partial charge in [0.2, 0.25) is 5.91 Å². The molecule has 2 amide bonds. The molecule has 0 saturated carbocycles. The summed E-state index contributed by atoms with van der Waals surface area (Å²) in [5.41, 5.74) is 1.20. The number of hydrogen-bond acceptors (Lipinski definition) is 4. The van der Waals surface area contributed by atoms with Gasteiger partial charge in [0, 0.05) is 39.3 Å². The topological polar surface area (TPSA) is 53.1 Å². The molecular weight excluding hydrogens is 404 g/mol. The number of para-hydroxylation sites is 1. The van der Waals surface area contributed by atoms with E-state index in [4.69, 9.17) is 0 Å². The maximum Gasteiger partial charge on any atom is 0.387 e. The molecule has 0 aliphatic carbocycles. The van der Waals surface area contributed by atoms with Gasteiger partial charge in [-0.3, -0.25) is 14.5 Å². The molecule has 2 aromatic carbocycles. The smallest absolute Gasteiger partial charge is 0.387 e. The summed E-state index contributed by atoms with van der Waals surface area (Å²) in [5.74, 6) is -0.428. The van der Waals surface area contributed by atoms with Crippen molar-refractivity contribution in [2.75, 3.05) is 39.3 Å². The third-order valence-corrected chi connectivity index (χ3v) is 5.30. The Labute approximate surface area is 181 Å². The zero-order valence-electron chi connectivity index (χ0n) is 17.5. The van der Waals surface area contributed by atoms with Gasteiger partial charge >= 0.3 is 6.61 Å². The molecule has 0 aromatic heterocycles. The van der Waals surface area contributed by atoms with Crippen molar-refractivity contribution in [3.63, 3.8) is 0 Å². The van der Waals surface area contributed by atoms with E-state index in [0.717, 1.165) is 5.56 Å². The van der Waals surface area contributed by atoms with E-state index in [9.17, 15) is 18.4 Å². The Balaban J connectivity index is 1.53. The second-order valence-corrected chi connectivity index (χ2v) is 7.34. The number of carbonyl (C=O) groups is 2. The number of halogens is 2. The van der Waals surface area contributed by atoms with Gasteiger partial charge < -0.3 is 14.5 Å². The summed E-state index contributed by atoms with van der Waals surface area (Å²) in [7, 11) is 0.